The number of hydrogen-bond donors (Lipinski definition) is 4. The fourth-order valence-electron chi connectivity index (χ4n) is 2.14. The number of hydrazone groups is 1. The number of aromatic hydroxyl groups is 1. The van der Waals surface area contributed by atoms with Crippen LogP contribution < -0.4 is 10.7 Å². The first-order chi connectivity index (χ1) is 14.0. The Balaban J connectivity index is 1.43. The molecule has 3 aromatic rings. The number of amides is 1. The predicted molar refractivity (Wildman–Crippen MR) is 112 cm³/mol. The average Bonchev–Trinajstić information content (AvgIpc) is 3.16. The minimum absolute atomic E-state index is 0.0965. The van der Waals surface area contributed by atoms with Crippen molar-refractivity contribution in [3.8, 4) is 5.75 Å². The van der Waals surface area contributed by atoms with Gasteiger partial charge in [-0.2, -0.15) is 10.1 Å². The lowest BCUT2D eigenvalue weighted by atomic mass is 10.2. The van der Waals surface area contributed by atoms with Crippen molar-refractivity contribution in [2.24, 2.45) is 5.10 Å². The van der Waals surface area contributed by atoms with E-state index in [0.717, 1.165) is 21.8 Å². The number of anilines is 1. The van der Waals surface area contributed by atoms with E-state index in [-0.39, 0.29) is 23.2 Å². The molecule has 0 aliphatic heterocycles. The summed E-state index contributed by atoms with van der Waals surface area (Å²) in [5.41, 5.74) is 4.00. The molecule has 0 bridgehead atoms. The maximum atomic E-state index is 12.9. The highest BCUT2D eigenvalue weighted by molar-refractivity contribution is 9.10. The van der Waals surface area contributed by atoms with Crippen molar-refractivity contribution < 1.29 is 14.3 Å². The van der Waals surface area contributed by atoms with Crippen LogP contribution in [0.15, 0.2) is 57.2 Å². The van der Waals surface area contributed by atoms with E-state index >= 15 is 0 Å². The number of hydrogen-bond acceptors (Lipinski definition) is 7. The van der Waals surface area contributed by atoms with Crippen LogP contribution in [0.1, 0.15) is 11.1 Å². The van der Waals surface area contributed by atoms with Gasteiger partial charge in [-0.25, -0.2) is 14.9 Å². The zero-order chi connectivity index (χ0) is 20.6. The summed E-state index contributed by atoms with van der Waals surface area (Å²) >= 11 is 4.48. The normalized spacial score (nSPS) is 11.0. The maximum Gasteiger partial charge on any atom is 0.240 e. The van der Waals surface area contributed by atoms with E-state index in [1.54, 1.807) is 30.3 Å². The Labute approximate surface area is 178 Å². The second kappa shape index (κ2) is 10.0. The third-order valence-electron chi connectivity index (χ3n) is 3.56. The third-order valence-corrected chi connectivity index (χ3v) is 4.90. The van der Waals surface area contributed by atoms with Gasteiger partial charge in [0.15, 0.2) is 0 Å². The fourth-order valence-corrected chi connectivity index (χ4v) is 3.14. The monoisotopic (exact) mass is 478 g/mol. The fraction of sp³-hybridized carbons (Fsp3) is 0.111. The lowest BCUT2D eigenvalue weighted by Crippen LogP contribution is -2.24. The molecule has 29 heavy (non-hydrogen) atoms. The lowest BCUT2D eigenvalue weighted by Gasteiger charge is -2.04. The molecule has 1 aromatic heterocycles. The molecule has 0 aliphatic carbocycles. The minimum Gasteiger partial charge on any atom is -0.507 e. The minimum atomic E-state index is -0.317. The van der Waals surface area contributed by atoms with Gasteiger partial charge in [-0.1, -0.05) is 39.8 Å². The van der Waals surface area contributed by atoms with Crippen LogP contribution in [-0.4, -0.2) is 38.2 Å². The number of phenols is 1. The first kappa shape index (κ1) is 20.8. The third kappa shape index (κ3) is 6.57. The van der Waals surface area contributed by atoms with Crippen LogP contribution in [0.2, 0.25) is 0 Å². The zero-order valence-electron chi connectivity index (χ0n) is 14.9. The second-order valence-electron chi connectivity index (χ2n) is 5.73. The van der Waals surface area contributed by atoms with Gasteiger partial charge in [0.05, 0.1) is 12.0 Å². The highest BCUT2D eigenvalue weighted by Crippen LogP contribution is 2.20. The number of nitrogens with one attached hydrogen (secondary N) is 3. The number of thioether (sulfide) groups is 1. The quantitative estimate of drug-likeness (QED) is 0.224. The summed E-state index contributed by atoms with van der Waals surface area (Å²) in [5, 5.41) is 23.5. The van der Waals surface area contributed by atoms with Gasteiger partial charge < -0.3 is 10.4 Å². The number of benzene rings is 2. The van der Waals surface area contributed by atoms with E-state index in [9.17, 15) is 14.3 Å². The number of aromatic amines is 1. The van der Waals surface area contributed by atoms with Crippen molar-refractivity contribution in [3.05, 3.63) is 63.9 Å². The van der Waals surface area contributed by atoms with Crippen LogP contribution in [0, 0.1) is 5.82 Å². The standard InChI is InChI=1S/C18H16BrFN6O2S/c19-13-3-6-15(27)12(7-13)9-22-24-17-23-18(26-25-17)29-10-16(28)21-8-11-1-4-14(20)5-2-11/h1-7,9,27H,8,10H2,(H,21,28)(H2,23,24,25,26)/b22-9+. The number of nitrogens with zero attached hydrogens (tertiary/aromatic N) is 3. The highest BCUT2D eigenvalue weighted by atomic mass is 79.9. The predicted octanol–water partition coefficient (Wildman–Crippen LogP) is 3.27. The number of aromatic nitrogens is 3. The topological polar surface area (TPSA) is 115 Å². The van der Waals surface area contributed by atoms with Crippen LogP contribution in [0.5, 0.6) is 5.75 Å². The summed E-state index contributed by atoms with van der Waals surface area (Å²) in [4.78, 5) is 16.1. The first-order valence-electron chi connectivity index (χ1n) is 8.33. The van der Waals surface area contributed by atoms with E-state index in [1.165, 1.54) is 18.3 Å². The molecule has 0 atom stereocenters. The number of H-pyrrole nitrogens is 1. The van der Waals surface area contributed by atoms with Crippen LogP contribution >= 0.6 is 27.7 Å². The summed E-state index contributed by atoms with van der Waals surface area (Å²) in [6.45, 7) is 0.317. The van der Waals surface area contributed by atoms with Gasteiger partial charge in [-0.15, -0.1) is 5.10 Å². The SMILES string of the molecule is O=C(CSc1n[nH]c(N/N=C/c2cc(Br)ccc2O)n1)NCc1ccc(F)cc1. The number of halogens is 2. The van der Waals surface area contributed by atoms with Crippen LogP contribution in [0.25, 0.3) is 0 Å². The molecule has 4 N–H and O–H groups in total. The maximum absolute atomic E-state index is 12.9. The second-order valence-corrected chi connectivity index (χ2v) is 7.59. The van der Waals surface area contributed by atoms with Crippen molar-refractivity contribution in [2.75, 3.05) is 11.2 Å². The molecule has 0 saturated heterocycles. The van der Waals surface area contributed by atoms with Crippen molar-refractivity contribution >= 4 is 45.8 Å². The molecule has 1 amide bonds. The number of phenolic OH excluding ortho intramolecular Hbond substituents is 1. The molecule has 150 valence electrons. The molecular formula is C18H16BrFN6O2S. The van der Waals surface area contributed by atoms with Crippen LogP contribution in [-0.2, 0) is 11.3 Å². The largest absolute Gasteiger partial charge is 0.507 e. The summed E-state index contributed by atoms with van der Waals surface area (Å²) in [5.74, 6) is 0.0154. The molecule has 0 aliphatic rings. The summed E-state index contributed by atoms with van der Waals surface area (Å²) in [6, 6.07) is 10.9. The lowest BCUT2D eigenvalue weighted by molar-refractivity contribution is -0.118. The Morgan fingerprint density at radius 3 is 2.90 bits per heavy atom. The molecule has 2 aromatic carbocycles. The number of carbonyl (C=O) groups is 1. The van der Waals surface area contributed by atoms with E-state index in [4.69, 9.17) is 0 Å². The molecule has 1 heterocycles. The molecule has 0 unspecified atom stereocenters. The Hall–Kier alpha value is -2.92. The van der Waals surface area contributed by atoms with Crippen molar-refractivity contribution in [2.45, 2.75) is 11.7 Å². The Morgan fingerprint density at radius 1 is 1.31 bits per heavy atom. The molecule has 3 rings (SSSR count). The van der Waals surface area contributed by atoms with Gasteiger partial charge in [-0.05, 0) is 35.9 Å². The molecule has 0 radical (unpaired) electrons. The number of rotatable bonds is 8. The summed E-state index contributed by atoms with van der Waals surface area (Å²) in [6.07, 6.45) is 1.44. The van der Waals surface area contributed by atoms with Crippen molar-refractivity contribution in [1.29, 1.82) is 0 Å². The van der Waals surface area contributed by atoms with E-state index in [2.05, 4.69) is 47.0 Å². The van der Waals surface area contributed by atoms with Crippen molar-refractivity contribution in [1.82, 2.24) is 20.5 Å². The first-order valence-corrected chi connectivity index (χ1v) is 10.1. The molecule has 11 heteroatoms. The zero-order valence-corrected chi connectivity index (χ0v) is 17.3. The van der Waals surface area contributed by atoms with Gasteiger partial charge in [0.2, 0.25) is 17.0 Å². The van der Waals surface area contributed by atoms with Crippen molar-refractivity contribution in [3.63, 3.8) is 0 Å². The molecular weight excluding hydrogens is 463 g/mol. The summed E-state index contributed by atoms with van der Waals surface area (Å²) in [7, 11) is 0. The smallest absolute Gasteiger partial charge is 0.240 e. The van der Waals surface area contributed by atoms with Gasteiger partial charge in [0, 0.05) is 16.6 Å². The van der Waals surface area contributed by atoms with Gasteiger partial charge in [-0.3, -0.25) is 4.79 Å². The van der Waals surface area contributed by atoms with Gasteiger partial charge >= 0.3 is 0 Å². The van der Waals surface area contributed by atoms with E-state index < -0.39 is 0 Å². The highest BCUT2D eigenvalue weighted by Gasteiger charge is 2.08. The van der Waals surface area contributed by atoms with Gasteiger partial charge in [0.1, 0.15) is 11.6 Å². The van der Waals surface area contributed by atoms with Crippen LogP contribution in [0.3, 0.4) is 0 Å². The number of carbonyl (C=O) groups excluding carboxylic acids is 1. The average molecular weight is 479 g/mol. The Bertz CT molecular complexity index is 1010. The summed E-state index contributed by atoms with van der Waals surface area (Å²) < 4.78 is 13.7. The Kier molecular flexibility index (Phi) is 7.19. The van der Waals surface area contributed by atoms with E-state index in [1.807, 2.05) is 0 Å². The molecule has 0 spiro atoms. The Morgan fingerprint density at radius 2 is 2.10 bits per heavy atom. The van der Waals surface area contributed by atoms with E-state index in [0.29, 0.717) is 23.2 Å². The van der Waals surface area contributed by atoms with Crippen LogP contribution in [0.4, 0.5) is 10.3 Å². The molecule has 8 nitrogen and oxygen atoms in total. The molecule has 0 saturated carbocycles. The van der Waals surface area contributed by atoms with Gasteiger partial charge in [0.25, 0.3) is 0 Å². The molecule has 0 fully saturated rings.